The van der Waals surface area contributed by atoms with Gasteiger partial charge in [-0.1, -0.05) is 131 Å². The third-order valence-corrected chi connectivity index (χ3v) is 11.7. The summed E-state index contributed by atoms with van der Waals surface area (Å²) in [5, 5.41) is 2.59. The molecule has 7 aromatic rings. The van der Waals surface area contributed by atoms with E-state index in [0.29, 0.717) is 0 Å². The molecule has 0 atom stereocenters. The molecule has 0 heterocycles. The number of anilines is 3. The first-order valence-corrected chi connectivity index (χ1v) is 17.8. The molecular weight excluding hydrogens is 591 g/mol. The SMILES string of the molecule is CCC1(CC)c2ccccc2-c2ccc(N(c3ccc(-c4ccccc4)cc3)c3ccc4c(c3)-c3cc5ccccc5cc3C4(C)C)cc21. The fourth-order valence-corrected chi connectivity index (χ4v) is 9.04. The first-order valence-electron chi connectivity index (χ1n) is 17.8. The van der Waals surface area contributed by atoms with Gasteiger partial charge in [-0.25, -0.2) is 0 Å². The molecule has 49 heavy (non-hydrogen) atoms. The van der Waals surface area contributed by atoms with E-state index in [-0.39, 0.29) is 10.8 Å². The largest absolute Gasteiger partial charge is 0.310 e. The fraction of sp³-hybridized carbons (Fsp3) is 0.167. The van der Waals surface area contributed by atoms with Crippen LogP contribution in [0.1, 0.15) is 62.8 Å². The number of hydrogen-bond donors (Lipinski definition) is 0. The second-order valence-corrected chi connectivity index (χ2v) is 14.4. The Kier molecular flexibility index (Phi) is 6.71. The molecule has 2 aliphatic carbocycles. The van der Waals surface area contributed by atoms with Gasteiger partial charge in [0.05, 0.1) is 0 Å². The van der Waals surface area contributed by atoms with Crippen molar-refractivity contribution in [2.75, 3.05) is 4.90 Å². The molecule has 1 nitrogen and oxygen atoms in total. The van der Waals surface area contributed by atoms with Crippen LogP contribution < -0.4 is 4.90 Å². The monoisotopic (exact) mass is 631 g/mol. The van der Waals surface area contributed by atoms with Gasteiger partial charge in [-0.05, 0) is 128 Å². The maximum Gasteiger partial charge on any atom is 0.0468 e. The molecule has 0 aromatic heterocycles. The maximum atomic E-state index is 2.49. The highest BCUT2D eigenvalue weighted by Crippen LogP contribution is 2.55. The van der Waals surface area contributed by atoms with Crippen molar-refractivity contribution in [3.05, 3.63) is 174 Å². The molecule has 0 aliphatic heterocycles. The zero-order valence-electron chi connectivity index (χ0n) is 28.8. The van der Waals surface area contributed by atoms with Gasteiger partial charge >= 0.3 is 0 Å². The second kappa shape index (κ2) is 11.1. The Labute approximate surface area is 290 Å². The van der Waals surface area contributed by atoms with Gasteiger partial charge in [0.25, 0.3) is 0 Å². The lowest BCUT2D eigenvalue weighted by Gasteiger charge is -2.32. The van der Waals surface area contributed by atoms with Crippen molar-refractivity contribution >= 4 is 27.8 Å². The van der Waals surface area contributed by atoms with Crippen LogP contribution in [-0.4, -0.2) is 0 Å². The van der Waals surface area contributed by atoms with Crippen molar-refractivity contribution in [3.8, 4) is 33.4 Å². The van der Waals surface area contributed by atoms with Crippen molar-refractivity contribution in [2.24, 2.45) is 0 Å². The number of nitrogens with zero attached hydrogens (tertiary/aromatic N) is 1. The van der Waals surface area contributed by atoms with Gasteiger partial charge in [-0.15, -0.1) is 0 Å². The summed E-state index contributed by atoms with van der Waals surface area (Å²) in [5.74, 6) is 0. The van der Waals surface area contributed by atoms with Crippen molar-refractivity contribution in [1.29, 1.82) is 0 Å². The average molecular weight is 632 g/mol. The summed E-state index contributed by atoms with van der Waals surface area (Å²) in [6.07, 6.45) is 2.14. The fourth-order valence-electron chi connectivity index (χ4n) is 9.04. The Morgan fingerprint density at radius 2 is 0.980 bits per heavy atom. The van der Waals surface area contributed by atoms with Crippen LogP contribution in [0.2, 0.25) is 0 Å². The van der Waals surface area contributed by atoms with Gasteiger partial charge in [0.15, 0.2) is 0 Å². The van der Waals surface area contributed by atoms with Crippen LogP contribution in [0.5, 0.6) is 0 Å². The average Bonchev–Trinajstić information content (AvgIpc) is 3.55. The third-order valence-electron chi connectivity index (χ3n) is 11.7. The summed E-state index contributed by atoms with van der Waals surface area (Å²) >= 11 is 0. The minimum Gasteiger partial charge on any atom is -0.310 e. The van der Waals surface area contributed by atoms with Crippen molar-refractivity contribution in [1.82, 2.24) is 0 Å². The summed E-state index contributed by atoms with van der Waals surface area (Å²) in [7, 11) is 0. The van der Waals surface area contributed by atoms with E-state index in [1.165, 1.54) is 77.8 Å². The van der Waals surface area contributed by atoms with Gasteiger partial charge in [-0.2, -0.15) is 0 Å². The Bertz CT molecular complexity index is 2370. The Morgan fingerprint density at radius 3 is 1.73 bits per heavy atom. The van der Waals surface area contributed by atoms with Crippen molar-refractivity contribution in [2.45, 2.75) is 51.4 Å². The molecule has 0 saturated carbocycles. The first-order chi connectivity index (χ1) is 23.9. The summed E-state index contributed by atoms with van der Waals surface area (Å²) in [6.45, 7) is 9.45. The van der Waals surface area contributed by atoms with Crippen LogP contribution in [-0.2, 0) is 10.8 Å². The zero-order valence-corrected chi connectivity index (χ0v) is 28.8. The van der Waals surface area contributed by atoms with E-state index in [2.05, 4.69) is 184 Å². The lowest BCUT2D eigenvalue weighted by Crippen LogP contribution is -2.23. The van der Waals surface area contributed by atoms with Crippen LogP contribution in [0.4, 0.5) is 17.1 Å². The van der Waals surface area contributed by atoms with Gasteiger partial charge in [0.1, 0.15) is 0 Å². The summed E-state index contributed by atoms with van der Waals surface area (Å²) in [6, 6.07) is 56.8. The van der Waals surface area contributed by atoms with E-state index in [1.54, 1.807) is 0 Å². The first kappa shape index (κ1) is 29.7. The molecule has 0 N–H and O–H groups in total. The highest BCUT2D eigenvalue weighted by atomic mass is 15.1. The number of hydrogen-bond acceptors (Lipinski definition) is 1. The van der Waals surface area contributed by atoms with Crippen molar-refractivity contribution in [3.63, 3.8) is 0 Å². The predicted molar refractivity (Wildman–Crippen MR) is 208 cm³/mol. The molecule has 9 rings (SSSR count). The highest BCUT2D eigenvalue weighted by molar-refractivity contribution is 5.95. The number of benzene rings is 7. The Hall–Kier alpha value is -5.40. The molecule has 0 spiro atoms. The van der Waals surface area contributed by atoms with Crippen LogP contribution >= 0.6 is 0 Å². The second-order valence-electron chi connectivity index (χ2n) is 14.4. The summed E-state index contributed by atoms with van der Waals surface area (Å²) in [5.41, 5.74) is 17.1. The molecule has 2 aliphatic rings. The molecule has 238 valence electrons. The number of rotatable bonds is 6. The molecule has 0 radical (unpaired) electrons. The van der Waals surface area contributed by atoms with Crippen LogP contribution in [0.3, 0.4) is 0 Å². The van der Waals surface area contributed by atoms with Crippen LogP contribution in [0.15, 0.2) is 152 Å². The van der Waals surface area contributed by atoms with E-state index >= 15 is 0 Å². The van der Waals surface area contributed by atoms with E-state index in [4.69, 9.17) is 0 Å². The van der Waals surface area contributed by atoms with Crippen LogP contribution in [0, 0.1) is 0 Å². The topological polar surface area (TPSA) is 3.24 Å². The third kappa shape index (κ3) is 4.38. The molecule has 0 saturated heterocycles. The highest BCUT2D eigenvalue weighted by Gasteiger charge is 2.41. The lowest BCUT2D eigenvalue weighted by atomic mass is 9.74. The van der Waals surface area contributed by atoms with E-state index in [0.717, 1.165) is 18.5 Å². The zero-order chi connectivity index (χ0) is 33.3. The molecule has 0 amide bonds. The predicted octanol–water partition coefficient (Wildman–Crippen LogP) is 13.4. The molecular formula is C48H41N. The van der Waals surface area contributed by atoms with Crippen LogP contribution in [0.25, 0.3) is 44.2 Å². The number of fused-ring (bicyclic) bond motifs is 7. The Balaban J connectivity index is 1.24. The van der Waals surface area contributed by atoms with Crippen molar-refractivity contribution < 1.29 is 0 Å². The molecule has 1 heteroatoms. The Morgan fingerprint density at radius 1 is 0.408 bits per heavy atom. The van der Waals surface area contributed by atoms with E-state index < -0.39 is 0 Å². The van der Waals surface area contributed by atoms with Gasteiger partial charge in [0, 0.05) is 27.9 Å². The quantitative estimate of drug-likeness (QED) is 0.176. The summed E-state index contributed by atoms with van der Waals surface area (Å²) < 4.78 is 0. The molecule has 7 aromatic carbocycles. The molecule has 0 unspecified atom stereocenters. The van der Waals surface area contributed by atoms with E-state index in [9.17, 15) is 0 Å². The van der Waals surface area contributed by atoms with Gasteiger partial charge in [-0.3, -0.25) is 0 Å². The minimum atomic E-state index is -0.0728. The minimum absolute atomic E-state index is 0.00668. The molecule has 0 bridgehead atoms. The van der Waals surface area contributed by atoms with E-state index in [1.807, 2.05) is 0 Å². The van der Waals surface area contributed by atoms with Gasteiger partial charge < -0.3 is 4.90 Å². The molecule has 0 fully saturated rings. The van der Waals surface area contributed by atoms with Gasteiger partial charge in [0.2, 0.25) is 0 Å². The standard InChI is InChI=1S/C48H41N/c1-5-48(6-2)44-19-13-12-18-39(44)40-26-24-38(31-46(40)48)49(36-22-20-33(21-23-36)32-14-8-7-9-15-32)37-25-27-43-42(30-37)41-28-34-16-10-11-17-35(34)29-45(41)47(43,3)4/h7-31H,5-6H2,1-4H3. The smallest absolute Gasteiger partial charge is 0.0468 e. The summed E-state index contributed by atoms with van der Waals surface area (Å²) in [4.78, 5) is 2.47. The maximum absolute atomic E-state index is 2.49. The normalized spacial score (nSPS) is 14.6. The lowest BCUT2D eigenvalue weighted by molar-refractivity contribution is 0.490.